The van der Waals surface area contributed by atoms with Gasteiger partial charge in [0.05, 0.1) is 17.8 Å². The van der Waals surface area contributed by atoms with Crippen LogP contribution < -0.4 is 4.74 Å². The first-order chi connectivity index (χ1) is 16.5. The highest BCUT2D eigenvalue weighted by Gasteiger charge is 2.35. The second kappa shape index (κ2) is 7.88. The number of piperazine rings is 1. The minimum absolute atomic E-state index is 0.0653. The Hall–Kier alpha value is -3.84. The average Bonchev–Trinajstić information content (AvgIpc) is 3.44. The molecule has 3 aromatic rings. The van der Waals surface area contributed by atoms with Crippen LogP contribution in [0.4, 0.5) is 4.39 Å². The standard InChI is InChI=1S/C24H18FN5O3S/c25-18-4-3-17-7-16(18)11-28-5-6-29(12-22(28)31)23(32)19-10-27-24-30(19)20(13-34-24)14-1-2-15(9-26)21(8-14)33-17/h1-4,7-8,10,20H,5-6,11-13H2. The lowest BCUT2D eigenvalue weighted by Gasteiger charge is -2.34. The number of imidazole rings is 1. The quantitative estimate of drug-likeness (QED) is 0.496. The van der Waals surface area contributed by atoms with Crippen molar-refractivity contribution in [3.05, 3.63) is 70.8 Å². The largest absolute Gasteiger partial charge is 0.456 e. The molecule has 1 fully saturated rings. The number of nitrogens with zero attached hydrogens (tertiary/aromatic N) is 5. The van der Waals surface area contributed by atoms with E-state index in [2.05, 4.69) is 11.1 Å². The number of benzene rings is 2. The van der Waals surface area contributed by atoms with E-state index in [4.69, 9.17) is 4.74 Å². The Kier molecular flexibility index (Phi) is 4.81. The van der Waals surface area contributed by atoms with E-state index in [-0.39, 0.29) is 30.9 Å². The van der Waals surface area contributed by atoms with Gasteiger partial charge in [-0.25, -0.2) is 9.37 Å². The summed E-state index contributed by atoms with van der Waals surface area (Å²) in [5, 5.41) is 10.3. The van der Waals surface area contributed by atoms with Gasteiger partial charge in [0.25, 0.3) is 5.91 Å². The van der Waals surface area contributed by atoms with Crippen LogP contribution in [0.3, 0.4) is 0 Å². The third-order valence-electron chi connectivity index (χ3n) is 6.39. The maximum absolute atomic E-state index is 14.6. The summed E-state index contributed by atoms with van der Waals surface area (Å²) < 4.78 is 22.5. The molecular weight excluding hydrogens is 457 g/mol. The molecule has 2 amide bonds. The summed E-state index contributed by atoms with van der Waals surface area (Å²) in [7, 11) is 0. The van der Waals surface area contributed by atoms with Crippen LogP contribution >= 0.6 is 11.8 Å². The van der Waals surface area contributed by atoms with E-state index in [9.17, 15) is 19.2 Å². The molecule has 1 aromatic heterocycles. The predicted octanol–water partition coefficient (Wildman–Crippen LogP) is 3.18. The smallest absolute Gasteiger partial charge is 0.272 e. The highest BCUT2D eigenvalue weighted by atomic mass is 32.2. The van der Waals surface area contributed by atoms with Gasteiger partial charge in [-0.1, -0.05) is 17.8 Å². The van der Waals surface area contributed by atoms with Crippen molar-refractivity contribution in [2.24, 2.45) is 0 Å². The van der Waals surface area contributed by atoms with E-state index in [0.29, 0.717) is 47.2 Å². The number of thioether (sulfide) groups is 1. The van der Waals surface area contributed by atoms with Crippen LogP contribution in [0, 0.1) is 17.1 Å². The van der Waals surface area contributed by atoms with Crippen LogP contribution in [0.5, 0.6) is 11.5 Å². The van der Waals surface area contributed by atoms with Crippen molar-refractivity contribution in [1.29, 1.82) is 5.26 Å². The molecule has 6 bridgehead atoms. The van der Waals surface area contributed by atoms with Crippen molar-refractivity contribution in [2.45, 2.75) is 17.7 Å². The Morgan fingerprint density at radius 2 is 1.97 bits per heavy atom. The van der Waals surface area contributed by atoms with Crippen molar-refractivity contribution in [3.8, 4) is 17.6 Å². The number of hydrogen-bond acceptors (Lipinski definition) is 6. The van der Waals surface area contributed by atoms with E-state index in [1.54, 1.807) is 41.1 Å². The number of carbonyl (C=O) groups is 2. The zero-order valence-electron chi connectivity index (χ0n) is 17.9. The lowest BCUT2D eigenvalue weighted by molar-refractivity contribution is -0.135. The molecule has 4 aliphatic rings. The predicted molar refractivity (Wildman–Crippen MR) is 120 cm³/mol. The molecule has 1 unspecified atom stereocenters. The molecule has 0 saturated carbocycles. The van der Waals surface area contributed by atoms with Crippen molar-refractivity contribution in [1.82, 2.24) is 19.4 Å². The number of rotatable bonds is 0. The molecular formula is C24H18FN5O3S. The Morgan fingerprint density at radius 3 is 2.79 bits per heavy atom. The summed E-state index contributed by atoms with van der Waals surface area (Å²) in [5.41, 5.74) is 1.93. The van der Waals surface area contributed by atoms with Crippen LogP contribution in [0.25, 0.3) is 0 Å². The Bertz CT molecular complexity index is 1400. The molecule has 170 valence electrons. The number of amides is 2. The number of halogens is 1. The first-order valence-corrected chi connectivity index (χ1v) is 11.8. The van der Waals surface area contributed by atoms with E-state index >= 15 is 0 Å². The lowest BCUT2D eigenvalue weighted by Crippen LogP contribution is -2.52. The molecule has 0 spiro atoms. The van der Waals surface area contributed by atoms with Gasteiger partial charge in [-0.3, -0.25) is 9.59 Å². The number of hydrogen-bond donors (Lipinski definition) is 0. The van der Waals surface area contributed by atoms with E-state index in [1.807, 2.05) is 10.6 Å². The first kappa shape index (κ1) is 20.7. The SMILES string of the molecule is N#Cc1ccc2cc1Oc1ccc(F)c(c1)CN1CCN(CC1=O)C(=O)c1cnc3n1C2CS3. The molecule has 1 atom stereocenters. The molecule has 0 N–H and O–H groups in total. The minimum atomic E-state index is -0.451. The first-order valence-electron chi connectivity index (χ1n) is 10.8. The van der Waals surface area contributed by atoms with Crippen molar-refractivity contribution < 1.29 is 18.7 Å². The third-order valence-corrected chi connectivity index (χ3v) is 7.43. The minimum Gasteiger partial charge on any atom is -0.456 e. The molecule has 10 heteroatoms. The molecule has 5 heterocycles. The van der Waals surface area contributed by atoms with Crippen molar-refractivity contribution in [2.75, 3.05) is 25.4 Å². The fourth-order valence-corrected chi connectivity index (χ4v) is 5.73. The van der Waals surface area contributed by atoms with Crippen LogP contribution in [-0.2, 0) is 11.3 Å². The number of nitriles is 1. The normalized spacial score (nSPS) is 19.1. The van der Waals surface area contributed by atoms with Gasteiger partial charge in [0.2, 0.25) is 5.91 Å². The summed E-state index contributed by atoms with van der Waals surface area (Å²) in [5.74, 6) is 0.433. The van der Waals surface area contributed by atoms with Gasteiger partial charge >= 0.3 is 0 Å². The summed E-state index contributed by atoms with van der Waals surface area (Å²) in [6.45, 7) is 0.638. The van der Waals surface area contributed by atoms with Gasteiger partial charge in [0, 0.05) is 31.0 Å². The summed E-state index contributed by atoms with van der Waals surface area (Å²) >= 11 is 1.54. The molecule has 1 saturated heterocycles. The average molecular weight is 476 g/mol. The monoisotopic (exact) mass is 475 g/mol. The van der Waals surface area contributed by atoms with Crippen molar-refractivity contribution >= 4 is 23.6 Å². The highest BCUT2D eigenvalue weighted by molar-refractivity contribution is 7.99. The van der Waals surface area contributed by atoms with E-state index in [1.165, 1.54) is 17.0 Å². The van der Waals surface area contributed by atoms with Crippen molar-refractivity contribution in [3.63, 3.8) is 0 Å². The van der Waals surface area contributed by atoms with Gasteiger partial charge in [0.15, 0.2) is 5.16 Å². The summed E-state index contributed by atoms with van der Waals surface area (Å²) in [4.78, 5) is 33.7. The van der Waals surface area contributed by atoms with Gasteiger partial charge < -0.3 is 19.1 Å². The highest BCUT2D eigenvalue weighted by Crippen LogP contribution is 2.40. The second-order valence-corrected chi connectivity index (χ2v) is 9.37. The zero-order valence-corrected chi connectivity index (χ0v) is 18.7. The maximum Gasteiger partial charge on any atom is 0.272 e. The molecule has 0 radical (unpaired) electrons. The van der Waals surface area contributed by atoms with Crippen LogP contribution in [0.2, 0.25) is 0 Å². The maximum atomic E-state index is 14.6. The van der Waals surface area contributed by atoms with E-state index < -0.39 is 5.82 Å². The number of fused-ring (bicyclic) bond motifs is 2. The van der Waals surface area contributed by atoms with Gasteiger partial charge in [-0.15, -0.1) is 0 Å². The van der Waals surface area contributed by atoms with Gasteiger partial charge in [0.1, 0.15) is 35.6 Å². The van der Waals surface area contributed by atoms with Crippen LogP contribution in [0.15, 0.2) is 47.8 Å². The second-order valence-electron chi connectivity index (χ2n) is 8.39. The number of ether oxygens (including phenoxy) is 1. The molecule has 2 aromatic carbocycles. The Morgan fingerprint density at radius 1 is 1.12 bits per heavy atom. The third kappa shape index (κ3) is 3.31. The lowest BCUT2D eigenvalue weighted by atomic mass is 10.0. The number of carbonyl (C=O) groups excluding carboxylic acids is 2. The molecule has 34 heavy (non-hydrogen) atoms. The van der Waals surface area contributed by atoms with Crippen LogP contribution in [0.1, 0.15) is 33.2 Å². The van der Waals surface area contributed by atoms with Crippen LogP contribution in [-0.4, -0.2) is 56.6 Å². The summed E-state index contributed by atoms with van der Waals surface area (Å²) in [6, 6.07) is 11.6. The molecule has 4 aliphatic heterocycles. The fraction of sp³-hybridized carbons (Fsp3) is 0.250. The number of aromatic nitrogens is 2. The van der Waals surface area contributed by atoms with Gasteiger partial charge in [-0.2, -0.15) is 5.26 Å². The Balaban J connectivity index is 1.52. The van der Waals surface area contributed by atoms with E-state index in [0.717, 1.165) is 10.7 Å². The fourth-order valence-electron chi connectivity index (χ4n) is 4.59. The molecule has 8 nitrogen and oxygen atoms in total. The molecule has 0 aliphatic carbocycles. The topological polar surface area (TPSA) is 91.5 Å². The Labute approximate surface area is 198 Å². The summed E-state index contributed by atoms with van der Waals surface area (Å²) in [6.07, 6.45) is 1.55. The van der Waals surface area contributed by atoms with Gasteiger partial charge in [-0.05, 0) is 35.9 Å². The zero-order chi connectivity index (χ0) is 23.4. The molecule has 7 rings (SSSR count).